The maximum atomic E-state index is 13.4. The van der Waals surface area contributed by atoms with E-state index in [9.17, 15) is 21.6 Å². The fourth-order valence-electron chi connectivity index (χ4n) is 4.47. The number of para-hydroxylation sites is 1. The van der Waals surface area contributed by atoms with E-state index in [1.165, 1.54) is 16.6 Å². The molecule has 13 heteroatoms. The lowest BCUT2D eigenvalue weighted by Crippen LogP contribution is -2.50. The summed E-state index contributed by atoms with van der Waals surface area (Å²) < 4.78 is 68.2. The van der Waals surface area contributed by atoms with Crippen molar-refractivity contribution in [3.05, 3.63) is 66.6 Å². The van der Waals surface area contributed by atoms with Gasteiger partial charge in [0.1, 0.15) is 17.2 Å². The molecule has 8 nitrogen and oxygen atoms in total. The third-order valence-electron chi connectivity index (χ3n) is 6.32. The molecule has 3 heterocycles. The van der Waals surface area contributed by atoms with Gasteiger partial charge in [0.2, 0.25) is 0 Å². The Morgan fingerprint density at radius 3 is 2.45 bits per heavy atom. The first-order chi connectivity index (χ1) is 18.1. The Kier molecular flexibility index (Phi) is 7.36. The van der Waals surface area contributed by atoms with Gasteiger partial charge in [-0.05, 0) is 19.1 Å². The molecule has 0 aliphatic carbocycles. The zero-order chi connectivity index (χ0) is 26.9. The minimum atomic E-state index is -4.51. The molecule has 1 aliphatic heterocycles. The summed E-state index contributed by atoms with van der Waals surface area (Å²) >= 11 is 1.16. The molecule has 2 aromatic carbocycles. The number of alkyl halides is 3. The van der Waals surface area contributed by atoms with Gasteiger partial charge < -0.3 is 5.32 Å². The highest BCUT2D eigenvalue weighted by Crippen LogP contribution is 2.35. The highest BCUT2D eigenvalue weighted by atomic mass is 32.2. The summed E-state index contributed by atoms with van der Waals surface area (Å²) in [7, 11) is -3.65. The van der Waals surface area contributed by atoms with E-state index in [-0.39, 0.29) is 15.8 Å². The Balaban J connectivity index is 1.21. The lowest BCUT2D eigenvalue weighted by atomic mass is 10.1. The van der Waals surface area contributed by atoms with Gasteiger partial charge in [0.25, 0.3) is 10.0 Å². The molecule has 1 unspecified atom stereocenters. The van der Waals surface area contributed by atoms with Crippen LogP contribution in [-0.2, 0) is 16.2 Å². The van der Waals surface area contributed by atoms with Gasteiger partial charge in [-0.1, -0.05) is 36.4 Å². The topological polar surface area (TPSA) is 91.3 Å². The highest BCUT2D eigenvalue weighted by Gasteiger charge is 2.34. The van der Waals surface area contributed by atoms with Gasteiger partial charge in [-0.3, -0.25) is 4.90 Å². The molecule has 0 amide bonds. The average molecular weight is 563 g/mol. The van der Waals surface area contributed by atoms with Gasteiger partial charge in [-0.2, -0.15) is 17.5 Å². The summed E-state index contributed by atoms with van der Waals surface area (Å²) in [5, 5.41) is 4.15. The first-order valence-corrected chi connectivity index (χ1v) is 14.2. The summed E-state index contributed by atoms with van der Waals surface area (Å²) in [5.41, 5.74) is -0.0828. The molecule has 200 valence electrons. The number of anilines is 1. The van der Waals surface area contributed by atoms with Crippen LogP contribution in [0.5, 0.6) is 0 Å². The number of rotatable bonds is 7. The smallest absolute Gasteiger partial charge is 0.366 e. The highest BCUT2D eigenvalue weighted by molar-refractivity contribution is 7.91. The van der Waals surface area contributed by atoms with Gasteiger partial charge >= 0.3 is 6.18 Å². The van der Waals surface area contributed by atoms with E-state index in [2.05, 4.69) is 25.2 Å². The maximum Gasteiger partial charge on any atom is 0.418 e. The number of thiazole rings is 1. The van der Waals surface area contributed by atoms with Crippen molar-refractivity contribution in [1.82, 2.24) is 24.2 Å². The quantitative estimate of drug-likeness (QED) is 0.353. The van der Waals surface area contributed by atoms with Crippen LogP contribution in [0.25, 0.3) is 21.5 Å². The van der Waals surface area contributed by atoms with E-state index >= 15 is 0 Å². The van der Waals surface area contributed by atoms with Crippen LogP contribution < -0.4 is 5.32 Å². The third-order valence-corrected chi connectivity index (χ3v) is 9.70. The molecule has 0 bridgehead atoms. The number of nitrogens with one attached hydrogen (secondary N) is 1. The van der Waals surface area contributed by atoms with E-state index < -0.39 is 21.8 Å². The number of nitrogens with zero attached hydrogens (tertiary/aromatic N) is 5. The van der Waals surface area contributed by atoms with E-state index in [1.807, 2.05) is 37.3 Å². The largest absolute Gasteiger partial charge is 0.418 e. The van der Waals surface area contributed by atoms with Crippen LogP contribution in [0, 0.1) is 0 Å². The first-order valence-electron chi connectivity index (χ1n) is 11.9. The normalized spacial score (nSPS) is 16.5. The Labute approximate surface area is 222 Å². The standard InChI is InChI=1S/C25H25F3N6O2S2/c1-17(32-23-19-8-5-9-20(25(26,27)28)22(19)30-16-31-23)15-33-10-12-34(13-11-33)38(35,36)21-14-29-24(37-21)18-6-3-2-4-7-18/h2-9,14,16-17H,10-13,15H2,1H3,(H,30,31,32). The van der Waals surface area contributed by atoms with Crippen LogP contribution in [0.3, 0.4) is 0 Å². The number of piperazine rings is 1. The van der Waals surface area contributed by atoms with E-state index in [1.54, 1.807) is 6.07 Å². The molecule has 5 rings (SSSR count). The van der Waals surface area contributed by atoms with Crippen LogP contribution in [0.1, 0.15) is 12.5 Å². The first kappa shape index (κ1) is 26.5. The van der Waals surface area contributed by atoms with Crippen molar-refractivity contribution in [3.8, 4) is 10.6 Å². The molecular weight excluding hydrogens is 537 g/mol. The lowest BCUT2D eigenvalue weighted by molar-refractivity contribution is -0.136. The Morgan fingerprint density at radius 2 is 1.74 bits per heavy atom. The van der Waals surface area contributed by atoms with Gasteiger partial charge in [0.05, 0.1) is 17.3 Å². The monoisotopic (exact) mass is 562 g/mol. The minimum absolute atomic E-state index is 0.151. The number of fused-ring (bicyclic) bond motifs is 1. The lowest BCUT2D eigenvalue weighted by Gasteiger charge is -2.35. The van der Waals surface area contributed by atoms with Crippen LogP contribution in [0.4, 0.5) is 19.0 Å². The van der Waals surface area contributed by atoms with Gasteiger partial charge in [0.15, 0.2) is 4.21 Å². The maximum absolute atomic E-state index is 13.4. The van der Waals surface area contributed by atoms with Crippen LogP contribution in [0.15, 0.2) is 65.3 Å². The number of halogens is 3. The molecule has 1 N–H and O–H groups in total. The second kappa shape index (κ2) is 10.6. The molecule has 1 fully saturated rings. The van der Waals surface area contributed by atoms with Crippen molar-refractivity contribution in [2.45, 2.75) is 23.4 Å². The van der Waals surface area contributed by atoms with Crippen LogP contribution in [0.2, 0.25) is 0 Å². The Morgan fingerprint density at radius 1 is 1.00 bits per heavy atom. The minimum Gasteiger partial charge on any atom is -0.366 e. The van der Waals surface area contributed by atoms with Crippen molar-refractivity contribution in [2.24, 2.45) is 0 Å². The molecular formula is C25H25F3N6O2S2. The van der Waals surface area contributed by atoms with Crippen molar-refractivity contribution < 1.29 is 21.6 Å². The molecule has 1 atom stereocenters. The predicted octanol–water partition coefficient (Wildman–Crippen LogP) is 4.58. The van der Waals surface area contributed by atoms with Crippen LogP contribution >= 0.6 is 11.3 Å². The molecule has 2 aromatic heterocycles. The third kappa shape index (κ3) is 5.51. The molecule has 0 saturated carbocycles. The number of sulfonamides is 1. The summed E-state index contributed by atoms with van der Waals surface area (Å²) in [6.07, 6.45) is -1.98. The van der Waals surface area contributed by atoms with Crippen molar-refractivity contribution >= 4 is 38.1 Å². The fourth-order valence-corrected chi connectivity index (χ4v) is 7.18. The number of benzene rings is 2. The molecule has 38 heavy (non-hydrogen) atoms. The number of aromatic nitrogens is 3. The summed E-state index contributed by atoms with van der Waals surface area (Å²) in [5.74, 6) is 0.328. The Bertz CT molecular complexity index is 1520. The van der Waals surface area contributed by atoms with Gasteiger partial charge in [0, 0.05) is 49.7 Å². The Hall–Kier alpha value is -3.13. The van der Waals surface area contributed by atoms with Gasteiger partial charge in [-0.25, -0.2) is 23.4 Å². The summed E-state index contributed by atoms with van der Waals surface area (Å²) in [4.78, 5) is 14.4. The van der Waals surface area contributed by atoms with Crippen LogP contribution in [-0.4, -0.2) is 71.3 Å². The van der Waals surface area contributed by atoms with Crippen molar-refractivity contribution in [3.63, 3.8) is 0 Å². The van der Waals surface area contributed by atoms with E-state index in [0.717, 1.165) is 29.3 Å². The molecule has 4 aromatic rings. The van der Waals surface area contributed by atoms with E-state index in [4.69, 9.17) is 0 Å². The van der Waals surface area contributed by atoms with Crippen molar-refractivity contribution in [1.29, 1.82) is 0 Å². The van der Waals surface area contributed by atoms with Gasteiger partial charge in [-0.15, -0.1) is 11.3 Å². The molecule has 0 radical (unpaired) electrons. The zero-order valence-electron chi connectivity index (χ0n) is 20.4. The zero-order valence-corrected chi connectivity index (χ0v) is 22.0. The summed E-state index contributed by atoms with van der Waals surface area (Å²) in [6, 6.07) is 13.2. The average Bonchev–Trinajstić information content (AvgIpc) is 3.40. The fraction of sp³-hybridized carbons (Fsp3) is 0.320. The number of hydrogen-bond acceptors (Lipinski definition) is 8. The number of hydrogen-bond donors (Lipinski definition) is 1. The summed E-state index contributed by atoms with van der Waals surface area (Å²) in [6.45, 7) is 4.19. The predicted molar refractivity (Wildman–Crippen MR) is 140 cm³/mol. The second-order valence-electron chi connectivity index (χ2n) is 9.02. The SMILES string of the molecule is CC(CN1CCN(S(=O)(=O)c2cnc(-c3ccccc3)s2)CC1)Nc1ncnc2c(C(F)(F)F)cccc12. The molecule has 1 saturated heterocycles. The molecule has 0 spiro atoms. The molecule has 1 aliphatic rings. The second-order valence-corrected chi connectivity index (χ2v) is 12.2. The van der Waals surface area contributed by atoms with E-state index in [0.29, 0.717) is 48.9 Å². The van der Waals surface area contributed by atoms with Crippen molar-refractivity contribution in [2.75, 3.05) is 38.0 Å².